The van der Waals surface area contributed by atoms with Crippen molar-refractivity contribution in [3.05, 3.63) is 53.2 Å². The molecule has 3 nitrogen and oxygen atoms in total. The Morgan fingerprint density at radius 2 is 2.11 bits per heavy atom. The number of fused-ring (bicyclic) bond motifs is 2. The van der Waals surface area contributed by atoms with Gasteiger partial charge in [0.1, 0.15) is 11.5 Å². The van der Waals surface area contributed by atoms with Crippen molar-refractivity contribution in [3.8, 4) is 5.75 Å². The number of phenolic OH excluding ortho intramolecular Hbond substituents is 1. The number of allylic oxidation sites excluding steroid dienone is 2. The van der Waals surface area contributed by atoms with Crippen LogP contribution < -0.4 is 0 Å². The summed E-state index contributed by atoms with van der Waals surface area (Å²) < 4.78 is 5.64. The van der Waals surface area contributed by atoms with Gasteiger partial charge < -0.3 is 14.9 Å². The fraction of sp³-hybridized carbons (Fsp3) is 0.250. The van der Waals surface area contributed by atoms with Crippen LogP contribution in [0, 0.1) is 5.41 Å². The molecule has 1 aromatic rings. The maximum atomic E-state index is 10.1. The highest BCUT2D eigenvalue weighted by molar-refractivity contribution is 5.88. The molecule has 2 N–H and O–H groups in total. The lowest BCUT2D eigenvalue weighted by Gasteiger charge is -2.35. The lowest BCUT2D eigenvalue weighted by molar-refractivity contribution is 0.227. The zero-order valence-electron chi connectivity index (χ0n) is 10.4. The minimum Gasteiger partial charge on any atom is -0.509 e. The highest BCUT2D eigenvalue weighted by Crippen LogP contribution is 2.58. The van der Waals surface area contributed by atoms with Crippen LogP contribution in [-0.2, 0) is 4.74 Å². The van der Waals surface area contributed by atoms with E-state index < -0.39 is 0 Å². The Bertz CT molecular complexity index is 667. The Morgan fingerprint density at radius 1 is 1.21 bits per heavy atom. The molecule has 3 heteroatoms. The number of aromatic hydroxyl groups is 1. The van der Waals surface area contributed by atoms with Crippen LogP contribution in [0.4, 0.5) is 0 Å². The maximum Gasteiger partial charge on any atom is 0.155 e. The molecule has 1 aliphatic heterocycles. The Balaban J connectivity index is 1.98. The molecular weight excluding hydrogens is 240 g/mol. The molecule has 3 aliphatic rings. The van der Waals surface area contributed by atoms with Crippen LogP contribution in [0.25, 0.3) is 11.6 Å². The number of phenols is 1. The van der Waals surface area contributed by atoms with Crippen molar-refractivity contribution in [2.45, 2.75) is 19.3 Å². The van der Waals surface area contributed by atoms with Gasteiger partial charge in [-0.05, 0) is 24.5 Å². The van der Waals surface area contributed by atoms with Crippen LogP contribution in [0.5, 0.6) is 5.75 Å². The van der Waals surface area contributed by atoms with Crippen molar-refractivity contribution < 1.29 is 14.9 Å². The average Bonchev–Trinajstić information content (AvgIpc) is 2.80. The predicted octanol–water partition coefficient (Wildman–Crippen LogP) is 3.73. The van der Waals surface area contributed by atoms with Crippen molar-refractivity contribution in [3.63, 3.8) is 0 Å². The summed E-state index contributed by atoms with van der Waals surface area (Å²) in [7, 11) is 0. The van der Waals surface area contributed by atoms with Gasteiger partial charge in [-0.15, -0.1) is 0 Å². The van der Waals surface area contributed by atoms with E-state index in [4.69, 9.17) is 4.74 Å². The van der Waals surface area contributed by atoms with Crippen molar-refractivity contribution in [1.82, 2.24) is 0 Å². The third-order valence-corrected chi connectivity index (χ3v) is 4.34. The molecule has 19 heavy (non-hydrogen) atoms. The standard InChI is InChI=1S/C16H14O3/c17-13-4-1-3-10-11(13)6-8-16-7-2-5-14(18)15(16)19-9-12(10)16/h1,3-4,6,8-9,17-18H,2,5,7H2. The van der Waals surface area contributed by atoms with E-state index in [-0.39, 0.29) is 11.2 Å². The van der Waals surface area contributed by atoms with Gasteiger partial charge >= 0.3 is 0 Å². The number of rotatable bonds is 0. The topological polar surface area (TPSA) is 49.7 Å². The molecule has 0 bridgehead atoms. The fourth-order valence-corrected chi connectivity index (χ4v) is 3.41. The van der Waals surface area contributed by atoms with E-state index in [0.29, 0.717) is 17.9 Å². The van der Waals surface area contributed by atoms with Gasteiger partial charge in [-0.3, -0.25) is 0 Å². The Morgan fingerprint density at radius 3 is 3.00 bits per heavy atom. The van der Waals surface area contributed by atoms with Crippen LogP contribution in [-0.4, -0.2) is 10.2 Å². The van der Waals surface area contributed by atoms with Gasteiger partial charge in [0.25, 0.3) is 0 Å². The summed E-state index contributed by atoms with van der Waals surface area (Å²) in [5, 5.41) is 20.0. The van der Waals surface area contributed by atoms with E-state index in [1.54, 1.807) is 12.3 Å². The third-order valence-electron chi connectivity index (χ3n) is 4.34. The summed E-state index contributed by atoms with van der Waals surface area (Å²) >= 11 is 0. The third kappa shape index (κ3) is 1.22. The number of aliphatic hydroxyl groups excluding tert-OH is 1. The first-order valence-electron chi connectivity index (χ1n) is 6.54. The molecule has 4 rings (SSSR count). The highest BCUT2D eigenvalue weighted by atomic mass is 16.5. The number of benzene rings is 1. The van der Waals surface area contributed by atoms with E-state index in [0.717, 1.165) is 29.5 Å². The monoisotopic (exact) mass is 254 g/mol. The van der Waals surface area contributed by atoms with Crippen LogP contribution in [0.15, 0.2) is 42.1 Å². The zero-order valence-corrected chi connectivity index (χ0v) is 10.4. The SMILES string of the molecule is OC1=C2OC=C3c4cccc(O)c4C=CC32CCC1. The quantitative estimate of drug-likeness (QED) is 0.741. The van der Waals surface area contributed by atoms with E-state index in [1.165, 1.54) is 0 Å². The second-order valence-electron chi connectivity index (χ2n) is 5.32. The molecular formula is C16H14O3. The van der Waals surface area contributed by atoms with Gasteiger partial charge in [-0.1, -0.05) is 24.3 Å². The Kier molecular flexibility index (Phi) is 1.94. The maximum absolute atomic E-state index is 10.1. The molecule has 1 unspecified atom stereocenters. The highest BCUT2D eigenvalue weighted by Gasteiger charge is 2.48. The van der Waals surface area contributed by atoms with Crippen LogP contribution in [0.3, 0.4) is 0 Å². The van der Waals surface area contributed by atoms with Gasteiger partial charge in [-0.25, -0.2) is 0 Å². The van der Waals surface area contributed by atoms with Crippen LogP contribution >= 0.6 is 0 Å². The summed E-state index contributed by atoms with van der Waals surface area (Å²) in [5.74, 6) is 1.30. The number of ether oxygens (including phenoxy) is 1. The molecule has 0 aromatic heterocycles. The van der Waals surface area contributed by atoms with Gasteiger partial charge in [0.15, 0.2) is 5.76 Å². The van der Waals surface area contributed by atoms with Gasteiger partial charge in [-0.2, -0.15) is 0 Å². The van der Waals surface area contributed by atoms with Crippen molar-refractivity contribution >= 4 is 11.6 Å². The minimum atomic E-state index is -0.330. The van der Waals surface area contributed by atoms with E-state index >= 15 is 0 Å². The largest absolute Gasteiger partial charge is 0.509 e. The molecule has 0 saturated carbocycles. The first-order valence-corrected chi connectivity index (χ1v) is 6.54. The van der Waals surface area contributed by atoms with Crippen molar-refractivity contribution in [1.29, 1.82) is 0 Å². The summed E-state index contributed by atoms with van der Waals surface area (Å²) in [5.41, 5.74) is 2.53. The normalized spacial score (nSPS) is 27.3. The minimum absolute atomic E-state index is 0.280. The van der Waals surface area contributed by atoms with Crippen LogP contribution in [0.1, 0.15) is 30.4 Å². The molecule has 0 radical (unpaired) electrons. The molecule has 96 valence electrons. The lowest BCUT2D eigenvalue weighted by atomic mass is 9.67. The van der Waals surface area contributed by atoms with Gasteiger partial charge in [0.05, 0.1) is 11.7 Å². The zero-order chi connectivity index (χ0) is 13.0. The Hall–Kier alpha value is -2.16. The average molecular weight is 254 g/mol. The fourth-order valence-electron chi connectivity index (χ4n) is 3.41. The molecule has 1 spiro atoms. The smallest absolute Gasteiger partial charge is 0.155 e. The number of hydrogen-bond donors (Lipinski definition) is 2. The van der Waals surface area contributed by atoms with Crippen molar-refractivity contribution in [2.24, 2.45) is 5.41 Å². The second-order valence-corrected chi connectivity index (χ2v) is 5.32. The van der Waals surface area contributed by atoms with Gasteiger partial charge in [0.2, 0.25) is 0 Å². The molecule has 1 heterocycles. The number of hydrogen-bond acceptors (Lipinski definition) is 3. The first kappa shape index (κ1) is 10.7. The molecule has 0 fully saturated rings. The number of aliphatic hydroxyl groups is 1. The molecule has 1 aromatic carbocycles. The second kappa shape index (κ2) is 3.44. The molecule has 1 atom stereocenters. The molecule has 0 amide bonds. The summed E-state index contributed by atoms with van der Waals surface area (Å²) in [4.78, 5) is 0. The van der Waals surface area contributed by atoms with E-state index in [1.807, 2.05) is 18.2 Å². The Labute approximate surface area is 111 Å². The van der Waals surface area contributed by atoms with Crippen LogP contribution in [0.2, 0.25) is 0 Å². The van der Waals surface area contributed by atoms with Gasteiger partial charge in [0, 0.05) is 17.6 Å². The van der Waals surface area contributed by atoms with E-state index in [9.17, 15) is 10.2 Å². The summed E-state index contributed by atoms with van der Waals surface area (Å²) in [6.07, 6.45) is 8.27. The van der Waals surface area contributed by atoms with Crippen molar-refractivity contribution in [2.75, 3.05) is 0 Å². The first-order chi connectivity index (χ1) is 9.22. The molecule has 2 aliphatic carbocycles. The molecule has 0 saturated heterocycles. The van der Waals surface area contributed by atoms with E-state index in [2.05, 4.69) is 6.08 Å². The summed E-state index contributed by atoms with van der Waals surface area (Å²) in [6, 6.07) is 5.52. The predicted molar refractivity (Wildman–Crippen MR) is 72.1 cm³/mol. The lowest BCUT2D eigenvalue weighted by Crippen LogP contribution is -2.26. The summed E-state index contributed by atoms with van der Waals surface area (Å²) in [6.45, 7) is 0.